The van der Waals surface area contributed by atoms with Gasteiger partial charge in [-0.1, -0.05) is 11.6 Å². The van der Waals surface area contributed by atoms with Gasteiger partial charge in [-0.25, -0.2) is 0 Å². The van der Waals surface area contributed by atoms with E-state index in [1.165, 1.54) is 0 Å². The molecule has 0 aromatic heterocycles. The third-order valence-corrected chi connectivity index (χ3v) is 3.00. The Balaban J connectivity index is 2.70. The van der Waals surface area contributed by atoms with Crippen LogP contribution in [0.5, 0.6) is 11.5 Å². The molecular weight excluding hydrogens is 264 g/mol. The van der Waals surface area contributed by atoms with Crippen molar-refractivity contribution in [1.29, 1.82) is 0 Å². The summed E-state index contributed by atoms with van der Waals surface area (Å²) in [5.74, 6) is 1.28. The first kappa shape index (κ1) is 16.1. The van der Waals surface area contributed by atoms with Crippen LogP contribution in [0.25, 0.3) is 0 Å². The van der Waals surface area contributed by atoms with Crippen molar-refractivity contribution in [3.05, 3.63) is 22.7 Å². The van der Waals surface area contributed by atoms with E-state index < -0.39 is 0 Å². The molecule has 0 radical (unpaired) electrons. The smallest absolute Gasteiger partial charge is 0.179 e. The van der Waals surface area contributed by atoms with E-state index >= 15 is 0 Å². The molecule has 0 atom stereocenters. The molecule has 0 aliphatic rings. The van der Waals surface area contributed by atoms with Gasteiger partial charge in [-0.15, -0.1) is 0 Å². The van der Waals surface area contributed by atoms with Crippen LogP contribution in [0, 0.1) is 0 Å². The number of rotatable bonds is 8. The molecule has 0 aliphatic carbocycles. The lowest BCUT2D eigenvalue weighted by atomic mass is 10.1. The molecule has 0 spiro atoms. The van der Waals surface area contributed by atoms with Gasteiger partial charge >= 0.3 is 0 Å². The van der Waals surface area contributed by atoms with Crippen molar-refractivity contribution in [1.82, 2.24) is 4.90 Å². The summed E-state index contributed by atoms with van der Waals surface area (Å²) in [5.41, 5.74) is 6.61. The fourth-order valence-electron chi connectivity index (χ4n) is 1.78. The van der Waals surface area contributed by atoms with E-state index in [4.69, 9.17) is 26.8 Å². The second kappa shape index (κ2) is 8.25. The molecule has 1 aromatic carbocycles. The van der Waals surface area contributed by atoms with Gasteiger partial charge in [0, 0.05) is 6.54 Å². The Morgan fingerprint density at radius 1 is 1.32 bits per heavy atom. The standard InChI is InChI=1S/C14H23ClN2O2/c1-17(2)7-4-8-19-14-12(15)9-11(5-6-16)10-13(14)18-3/h9-10H,4-8,16H2,1-3H3. The van der Waals surface area contributed by atoms with Crippen LogP contribution in [-0.2, 0) is 6.42 Å². The first-order valence-corrected chi connectivity index (χ1v) is 6.80. The summed E-state index contributed by atoms with van der Waals surface area (Å²) in [7, 11) is 5.69. The first-order chi connectivity index (χ1) is 9.08. The second-order valence-electron chi connectivity index (χ2n) is 4.65. The number of nitrogens with two attached hydrogens (primary N) is 1. The third-order valence-electron chi connectivity index (χ3n) is 2.72. The number of ether oxygens (including phenoxy) is 2. The molecule has 2 N–H and O–H groups in total. The van der Waals surface area contributed by atoms with Crippen LogP contribution >= 0.6 is 11.6 Å². The van der Waals surface area contributed by atoms with Crippen molar-refractivity contribution in [2.75, 3.05) is 40.9 Å². The van der Waals surface area contributed by atoms with Crippen LogP contribution in [0.15, 0.2) is 12.1 Å². The molecule has 0 saturated carbocycles. The molecule has 0 unspecified atom stereocenters. The van der Waals surface area contributed by atoms with Gasteiger partial charge in [0.15, 0.2) is 11.5 Å². The lowest BCUT2D eigenvalue weighted by molar-refractivity contribution is 0.268. The molecule has 0 amide bonds. The van der Waals surface area contributed by atoms with Gasteiger partial charge in [-0.3, -0.25) is 0 Å². The highest BCUT2D eigenvalue weighted by atomic mass is 35.5. The minimum absolute atomic E-state index is 0.577. The number of methoxy groups -OCH3 is 1. The summed E-state index contributed by atoms with van der Waals surface area (Å²) in [6.07, 6.45) is 1.72. The Kier molecular flexibility index (Phi) is 6.99. The maximum atomic E-state index is 6.23. The maximum absolute atomic E-state index is 6.23. The SMILES string of the molecule is COc1cc(CCN)cc(Cl)c1OCCCN(C)C. The van der Waals surface area contributed by atoms with E-state index in [2.05, 4.69) is 4.90 Å². The number of hydrogen-bond acceptors (Lipinski definition) is 4. The maximum Gasteiger partial charge on any atom is 0.179 e. The van der Waals surface area contributed by atoms with E-state index in [-0.39, 0.29) is 0 Å². The van der Waals surface area contributed by atoms with Crippen LogP contribution < -0.4 is 15.2 Å². The largest absolute Gasteiger partial charge is 0.493 e. The Bertz CT molecular complexity index is 397. The fourth-order valence-corrected chi connectivity index (χ4v) is 2.07. The Morgan fingerprint density at radius 2 is 2.05 bits per heavy atom. The highest BCUT2D eigenvalue weighted by molar-refractivity contribution is 6.32. The van der Waals surface area contributed by atoms with E-state index in [1.807, 2.05) is 26.2 Å². The van der Waals surface area contributed by atoms with Gasteiger partial charge in [0.2, 0.25) is 0 Å². The predicted molar refractivity (Wildman–Crippen MR) is 79.4 cm³/mol. The molecule has 19 heavy (non-hydrogen) atoms. The molecule has 0 saturated heterocycles. The molecule has 4 nitrogen and oxygen atoms in total. The summed E-state index contributed by atoms with van der Waals surface area (Å²) in [5, 5.41) is 0.577. The summed E-state index contributed by atoms with van der Waals surface area (Å²) in [4.78, 5) is 2.12. The molecule has 5 heteroatoms. The van der Waals surface area contributed by atoms with Crippen molar-refractivity contribution in [2.24, 2.45) is 5.73 Å². The zero-order valence-corrected chi connectivity index (χ0v) is 12.7. The summed E-state index contributed by atoms with van der Waals surface area (Å²) in [6, 6.07) is 3.82. The normalized spacial score (nSPS) is 10.8. The molecule has 1 rings (SSSR count). The highest BCUT2D eigenvalue weighted by Crippen LogP contribution is 2.36. The number of halogens is 1. The van der Waals surface area contributed by atoms with E-state index in [0.717, 1.165) is 24.9 Å². The van der Waals surface area contributed by atoms with Gasteiger partial charge in [0.25, 0.3) is 0 Å². The van der Waals surface area contributed by atoms with E-state index in [9.17, 15) is 0 Å². The van der Waals surface area contributed by atoms with Crippen LogP contribution in [0.3, 0.4) is 0 Å². The number of benzene rings is 1. The monoisotopic (exact) mass is 286 g/mol. The van der Waals surface area contributed by atoms with Gasteiger partial charge in [-0.2, -0.15) is 0 Å². The molecule has 108 valence electrons. The second-order valence-corrected chi connectivity index (χ2v) is 5.06. The molecule has 1 aromatic rings. The van der Waals surface area contributed by atoms with Crippen LogP contribution in [0.4, 0.5) is 0 Å². The Morgan fingerprint density at radius 3 is 2.63 bits per heavy atom. The van der Waals surface area contributed by atoms with Gasteiger partial charge < -0.3 is 20.1 Å². The molecule has 0 heterocycles. The molecule has 0 bridgehead atoms. The van der Waals surface area contributed by atoms with Crippen molar-refractivity contribution >= 4 is 11.6 Å². The van der Waals surface area contributed by atoms with Crippen LogP contribution in [0.1, 0.15) is 12.0 Å². The minimum Gasteiger partial charge on any atom is -0.493 e. The van der Waals surface area contributed by atoms with Crippen molar-refractivity contribution in [3.63, 3.8) is 0 Å². The first-order valence-electron chi connectivity index (χ1n) is 6.42. The van der Waals surface area contributed by atoms with Gasteiger partial charge in [0.1, 0.15) is 0 Å². The number of hydrogen-bond donors (Lipinski definition) is 1. The summed E-state index contributed by atoms with van der Waals surface area (Å²) < 4.78 is 11.1. The summed E-state index contributed by atoms with van der Waals surface area (Å²) >= 11 is 6.23. The molecule has 0 fully saturated rings. The Labute approximate surface area is 120 Å². The molecule has 0 aliphatic heterocycles. The highest BCUT2D eigenvalue weighted by Gasteiger charge is 2.11. The number of nitrogens with zero attached hydrogens (tertiary/aromatic N) is 1. The lowest BCUT2D eigenvalue weighted by Gasteiger charge is -2.15. The van der Waals surface area contributed by atoms with E-state index in [1.54, 1.807) is 7.11 Å². The zero-order chi connectivity index (χ0) is 14.3. The van der Waals surface area contributed by atoms with Gasteiger partial charge in [-0.05, 0) is 51.2 Å². The van der Waals surface area contributed by atoms with E-state index in [0.29, 0.717) is 29.7 Å². The molecular formula is C14H23ClN2O2. The van der Waals surface area contributed by atoms with Crippen molar-refractivity contribution in [2.45, 2.75) is 12.8 Å². The third kappa shape index (κ3) is 5.27. The minimum atomic E-state index is 0.577. The van der Waals surface area contributed by atoms with Crippen molar-refractivity contribution in [3.8, 4) is 11.5 Å². The average molecular weight is 287 g/mol. The summed E-state index contributed by atoms with van der Waals surface area (Å²) in [6.45, 7) is 2.18. The Hall–Kier alpha value is -0.970. The van der Waals surface area contributed by atoms with Crippen LogP contribution in [-0.4, -0.2) is 45.8 Å². The van der Waals surface area contributed by atoms with Gasteiger partial charge in [0.05, 0.1) is 18.7 Å². The van der Waals surface area contributed by atoms with Crippen molar-refractivity contribution < 1.29 is 9.47 Å². The van der Waals surface area contributed by atoms with Crippen LogP contribution in [0.2, 0.25) is 5.02 Å². The quantitative estimate of drug-likeness (QED) is 0.744. The lowest BCUT2D eigenvalue weighted by Crippen LogP contribution is -2.15. The predicted octanol–water partition coefficient (Wildman–Crippen LogP) is 2.18. The average Bonchev–Trinajstić information content (AvgIpc) is 2.36. The topological polar surface area (TPSA) is 47.7 Å². The zero-order valence-electron chi connectivity index (χ0n) is 11.9. The fraction of sp³-hybridized carbons (Fsp3) is 0.571.